The van der Waals surface area contributed by atoms with Crippen LogP contribution in [0.3, 0.4) is 0 Å². The lowest BCUT2D eigenvalue weighted by Crippen LogP contribution is -2.28. The predicted molar refractivity (Wildman–Crippen MR) is 95.1 cm³/mol. The number of nitrogens with one attached hydrogen (secondary N) is 1. The summed E-state index contributed by atoms with van der Waals surface area (Å²) in [7, 11) is 0. The fraction of sp³-hybridized carbons (Fsp3) is 0.789. The van der Waals surface area contributed by atoms with Gasteiger partial charge in [-0.2, -0.15) is 0 Å². The molecule has 0 aliphatic heterocycles. The Labute approximate surface area is 135 Å². The third-order valence-corrected chi connectivity index (χ3v) is 5.84. The van der Waals surface area contributed by atoms with Gasteiger partial charge in [-0.3, -0.25) is 0 Å². The number of hydrogen-bond donors (Lipinski definition) is 1. The molecular weight excluding hydrogens is 274 g/mol. The van der Waals surface area contributed by atoms with Gasteiger partial charge in [-0.1, -0.05) is 64.7 Å². The predicted octanol–water partition coefficient (Wildman–Crippen LogP) is 6.07. The molecule has 0 bridgehead atoms. The largest absolute Gasteiger partial charge is 0.309 e. The van der Waals surface area contributed by atoms with Crippen molar-refractivity contribution < 1.29 is 0 Å². The fourth-order valence-electron chi connectivity index (χ4n) is 3.44. The van der Waals surface area contributed by atoms with Crippen LogP contribution in [0, 0.1) is 0 Å². The first-order valence-electron chi connectivity index (χ1n) is 9.18. The van der Waals surface area contributed by atoms with Gasteiger partial charge in [-0.15, -0.1) is 11.3 Å². The molecule has 2 heteroatoms. The van der Waals surface area contributed by atoms with E-state index in [0.717, 1.165) is 12.6 Å². The molecule has 1 N–H and O–H groups in total. The number of aryl methyl sites for hydroxylation is 1. The highest BCUT2D eigenvalue weighted by Crippen LogP contribution is 2.20. The Morgan fingerprint density at radius 1 is 0.952 bits per heavy atom. The van der Waals surface area contributed by atoms with Crippen LogP contribution in [0.5, 0.6) is 0 Å². The van der Waals surface area contributed by atoms with E-state index >= 15 is 0 Å². The summed E-state index contributed by atoms with van der Waals surface area (Å²) < 4.78 is 0. The molecule has 1 aliphatic carbocycles. The third-order valence-electron chi connectivity index (χ3n) is 4.88. The van der Waals surface area contributed by atoms with Gasteiger partial charge in [0.05, 0.1) is 0 Å². The average molecular weight is 308 g/mol. The van der Waals surface area contributed by atoms with Gasteiger partial charge in [0, 0.05) is 17.5 Å². The summed E-state index contributed by atoms with van der Waals surface area (Å²) in [6, 6.07) is 3.04. The van der Waals surface area contributed by atoms with E-state index < -0.39 is 0 Å². The third kappa shape index (κ3) is 6.52. The van der Waals surface area contributed by atoms with Crippen molar-refractivity contribution in [3.63, 3.8) is 0 Å². The Morgan fingerprint density at radius 2 is 1.52 bits per heavy atom. The topological polar surface area (TPSA) is 12.0 Å². The lowest BCUT2D eigenvalue weighted by Gasteiger charge is -2.19. The fourth-order valence-corrected chi connectivity index (χ4v) is 4.37. The highest BCUT2D eigenvalue weighted by molar-refractivity contribution is 7.10. The highest BCUT2D eigenvalue weighted by atomic mass is 32.1. The molecule has 1 heterocycles. The van der Waals surface area contributed by atoms with Crippen molar-refractivity contribution in [1.82, 2.24) is 5.32 Å². The zero-order chi connectivity index (χ0) is 14.8. The van der Waals surface area contributed by atoms with Crippen LogP contribution < -0.4 is 5.32 Å². The van der Waals surface area contributed by atoms with Gasteiger partial charge in [-0.25, -0.2) is 0 Å². The van der Waals surface area contributed by atoms with Crippen LogP contribution in [0.25, 0.3) is 0 Å². The zero-order valence-electron chi connectivity index (χ0n) is 13.8. The van der Waals surface area contributed by atoms with E-state index in [-0.39, 0.29) is 0 Å². The molecule has 120 valence electrons. The Morgan fingerprint density at radius 3 is 2.10 bits per heavy atom. The van der Waals surface area contributed by atoms with Crippen LogP contribution in [0.1, 0.15) is 88.0 Å². The van der Waals surface area contributed by atoms with Crippen LogP contribution in [-0.4, -0.2) is 6.04 Å². The second-order valence-electron chi connectivity index (χ2n) is 6.56. The number of hydrogen-bond acceptors (Lipinski definition) is 2. The maximum atomic E-state index is 3.86. The van der Waals surface area contributed by atoms with Crippen molar-refractivity contribution in [2.24, 2.45) is 0 Å². The van der Waals surface area contributed by atoms with E-state index in [1.165, 1.54) is 77.0 Å². The molecule has 1 aromatic heterocycles. The van der Waals surface area contributed by atoms with E-state index in [9.17, 15) is 0 Å². The molecule has 1 nitrogen and oxygen atoms in total. The molecule has 1 saturated carbocycles. The monoisotopic (exact) mass is 307 g/mol. The molecule has 0 atom stereocenters. The first-order chi connectivity index (χ1) is 10.4. The molecule has 0 aromatic carbocycles. The number of thiophene rings is 1. The minimum absolute atomic E-state index is 0.747. The summed E-state index contributed by atoms with van der Waals surface area (Å²) in [5.41, 5.74) is 1.54. The Bertz CT molecular complexity index is 359. The molecule has 0 unspecified atom stereocenters. The lowest BCUT2D eigenvalue weighted by atomic mass is 9.98. The van der Waals surface area contributed by atoms with Gasteiger partial charge < -0.3 is 5.32 Å². The van der Waals surface area contributed by atoms with E-state index in [0.29, 0.717) is 0 Å². The van der Waals surface area contributed by atoms with E-state index in [2.05, 4.69) is 23.7 Å². The summed E-state index contributed by atoms with van der Waals surface area (Å²) in [6.45, 7) is 3.35. The van der Waals surface area contributed by atoms with E-state index in [1.54, 1.807) is 10.4 Å². The standard InChI is InChI=1S/C19H33NS/c1-2-17-14-15-21-19(17)16-20-18-12-10-8-6-4-3-5-7-9-11-13-18/h14-15,18,20H,2-13,16H2,1H3. The van der Waals surface area contributed by atoms with Crippen molar-refractivity contribution in [3.8, 4) is 0 Å². The Hall–Kier alpha value is -0.340. The maximum Gasteiger partial charge on any atom is 0.0305 e. The van der Waals surface area contributed by atoms with Gasteiger partial charge in [0.1, 0.15) is 0 Å². The molecular formula is C19H33NS. The van der Waals surface area contributed by atoms with Gasteiger partial charge in [0.2, 0.25) is 0 Å². The van der Waals surface area contributed by atoms with Crippen LogP contribution >= 0.6 is 11.3 Å². The summed E-state index contributed by atoms with van der Waals surface area (Å²) in [4.78, 5) is 1.56. The maximum absolute atomic E-state index is 3.86. The van der Waals surface area contributed by atoms with Crippen molar-refractivity contribution in [3.05, 3.63) is 21.9 Å². The van der Waals surface area contributed by atoms with Crippen LogP contribution in [-0.2, 0) is 13.0 Å². The first kappa shape index (κ1) is 17.0. The number of rotatable bonds is 4. The summed E-state index contributed by atoms with van der Waals surface area (Å²) in [5.74, 6) is 0. The minimum Gasteiger partial charge on any atom is -0.309 e. The van der Waals surface area contributed by atoms with Crippen molar-refractivity contribution in [2.75, 3.05) is 0 Å². The zero-order valence-corrected chi connectivity index (χ0v) is 14.6. The average Bonchev–Trinajstić information content (AvgIpc) is 2.94. The van der Waals surface area contributed by atoms with Crippen molar-refractivity contribution >= 4 is 11.3 Å². The van der Waals surface area contributed by atoms with Gasteiger partial charge >= 0.3 is 0 Å². The Balaban J connectivity index is 1.77. The molecule has 0 spiro atoms. The molecule has 1 aliphatic rings. The molecule has 1 fully saturated rings. The quantitative estimate of drug-likeness (QED) is 0.711. The molecule has 0 amide bonds. The van der Waals surface area contributed by atoms with E-state index in [4.69, 9.17) is 0 Å². The van der Waals surface area contributed by atoms with Crippen molar-refractivity contribution in [2.45, 2.75) is 96.6 Å². The SMILES string of the molecule is CCc1ccsc1CNC1CCCCCCCCCCC1. The molecule has 0 radical (unpaired) electrons. The molecule has 1 aromatic rings. The van der Waals surface area contributed by atoms with E-state index in [1.807, 2.05) is 11.3 Å². The van der Waals surface area contributed by atoms with Gasteiger partial charge in [-0.05, 0) is 36.3 Å². The molecule has 0 saturated heterocycles. The molecule has 2 rings (SSSR count). The smallest absolute Gasteiger partial charge is 0.0305 e. The first-order valence-corrected chi connectivity index (χ1v) is 10.1. The second kappa shape index (κ2) is 10.4. The lowest BCUT2D eigenvalue weighted by molar-refractivity contribution is 0.404. The van der Waals surface area contributed by atoms with Crippen LogP contribution in [0.2, 0.25) is 0 Å². The summed E-state index contributed by atoms with van der Waals surface area (Å²) in [5, 5.41) is 6.11. The van der Waals surface area contributed by atoms with Crippen molar-refractivity contribution in [1.29, 1.82) is 0 Å². The highest BCUT2D eigenvalue weighted by Gasteiger charge is 2.10. The van der Waals surface area contributed by atoms with Gasteiger partial charge in [0.25, 0.3) is 0 Å². The Kier molecular flexibility index (Phi) is 8.43. The molecule has 21 heavy (non-hydrogen) atoms. The summed E-state index contributed by atoms with van der Waals surface area (Å²) in [6.07, 6.45) is 17.0. The van der Waals surface area contributed by atoms with Crippen LogP contribution in [0.15, 0.2) is 11.4 Å². The second-order valence-corrected chi connectivity index (χ2v) is 7.56. The van der Waals surface area contributed by atoms with Gasteiger partial charge in [0.15, 0.2) is 0 Å². The van der Waals surface area contributed by atoms with Crippen LogP contribution in [0.4, 0.5) is 0 Å². The normalized spacial score (nSPS) is 19.9. The minimum atomic E-state index is 0.747. The summed E-state index contributed by atoms with van der Waals surface area (Å²) >= 11 is 1.92.